The second kappa shape index (κ2) is 11.0. The van der Waals surface area contributed by atoms with Crippen LogP contribution in [0, 0.1) is 45.3 Å². The van der Waals surface area contributed by atoms with Crippen LogP contribution < -0.4 is 5.32 Å². The molecule has 0 aromatic heterocycles. The van der Waals surface area contributed by atoms with Crippen LogP contribution in [-0.4, -0.2) is 29.5 Å². The van der Waals surface area contributed by atoms with Crippen LogP contribution in [0.1, 0.15) is 119 Å². The Bertz CT molecular complexity index is 1400. The lowest BCUT2D eigenvalue weighted by Gasteiger charge is -2.70. The zero-order valence-corrected chi connectivity index (χ0v) is 28.9. The number of ketones is 1. The number of fused-ring (bicyclic) bond motifs is 6. The number of nitrogens with one attached hydrogen (secondary N) is 1. The molecule has 0 radical (unpaired) electrons. The van der Waals surface area contributed by atoms with E-state index in [2.05, 4.69) is 53.8 Å². The summed E-state index contributed by atoms with van der Waals surface area (Å²) in [6.07, 6.45) is 7.92. The summed E-state index contributed by atoms with van der Waals surface area (Å²) in [5.41, 5.74) is 3.07. The number of alkyl carbamates (subject to hydrolysis) is 1. The Kier molecular flexibility index (Phi) is 7.88. The third kappa shape index (κ3) is 4.82. The number of benzene rings is 1. The van der Waals surface area contributed by atoms with Crippen LogP contribution in [0.15, 0.2) is 41.5 Å². The lowest BCUT2D eigenvalue weighted by molar-refractivity contribution is -0.212. The highest BCUT2D eigenvalue weighted by atomic mass is 16.5. The number of carbonyl (C=O) groups excluding carboxylic acids is 3. The fraction of sp³-hybridized carbons (Fsp3) is 0.718. The summed E-state index contributed by atoms with van der Waals surface area (Å²) in [6.45, 7) is 18.3. The van der Waals surface area contributed by atoms with Gasteiger partial charge in [0, 0.05) is 24.7 Å². The summed E-state index contributed by atoms with van der Waals surface area (Å²) in [5.74, 6) is 1.11. The van der Waals surface area contributed by atoms with Gasteiger partial charge in [0.15, 0.2) is 0 Å². The van der Waals surface area contributed by atoms with Crippen LogP contribution in [0.3, 0.4) is 0 Å². The molecule has 1 aromatic carbocycles. The van der Waals surface area contributed by atoms with Gasteiger partial charge < -0.3 is 14.8 Å². The first-order chi connectivity index (χ1) is 21.1. The smallest absolute Gasteiger partial charge is 0.408 e. The molecule has 0 spiro atoms. The average Bonchev–Trinajstić information content (AvgIpc) is 3.26. The Labute approximate surface area is 270 Å². The molecular weight excluding hydrogens is 562 g/mol. The van der Waals surface area contributed by atoms with Crippen LogP contribution in [0.25, 0.3) is 0 Å². The highest BCUT2D eigenvalue weighted by Gasteiger charge is 2.69. The maximum Gasteiger partial charge on any atom is 0.408 e. The fourth-order valence-electron chi connectivity index (χ4n) is 12.0. The molecule has 1 N–H and O–H groups in total. The molecule has 1 aromatic rings. The van der Waals surface area contributed by atoms with Crippen molar-refractivity contribution in [3.05, 3.63) is 47.0 Å². The number of esters is 1. The largest absolute Gasteiger partial charge is 0.462 e. The van der Waals surface area contributed by atoms with E-state index in [1.807, 2.05) is 30.3 Å². The summed E-state index contributed by atoms with van der Waals surface area (Å²) in [6, 6.07) is 9.75. The van der Waals surface area contributed by atoms with E-state index in [0.29, 0.717) is 18.3 Å². The van der Waals surface area contributed by atoms with E-state index in [4.69, 9.17) is 9.47 Å². The van der Waals surface area contributed by atoms with Gasteiger partial charge in [0.25, 0.3) is 0 Å². The van der Waals surface area contributed by atoms with Gasteiger partial charge in [-0.1, -0.05) is 84.4 Å². The van der Waals surface area contributed by atoms with Crippen LogP contribution in [0.4, 0.5) is 4.79 Å². The van der Waals surface area contributed by atoms with E-state index < -0.39 is 11.6 Å². The Morgan fingerprint density at radius 3 is 2.31 bits per heavy atom. The van der Waals surface area contributed by atoms with E-state index in [1.165, 1.54) is 18.1 Å². The molecule has 6 rings (SSSR count). The zero-order chi connectivity index (χ0) is 32.6. The molecule has 4 fully saturated rings. The molecule has 0 heterocycles. The molecule has 3 unspecified atom stereocenters. The second-order valence-corrected chi connectivity index (χ2v) is 16.9. The van der Waals surface area contributed by atoms with Gasteiger partial charge in [0.05, 0.1) is 5.54 Å². The van der Waals surface area contributed by atoms with Crippen molar-refractivity contribution in [2.75, 3.05) is 0 Å². The molecular formula is C39H55NO5. The van der Waals surface area contributed by atoms with Crippen LogP contribution >= 0.6 is 0 Å². The Morgan fingerprint density at radius 1 is 0.933 bits per heavy atom. The van der Waals surface area contributed by atoms with Gasteiger partial charge in [-0.05, 0) is 96.5 Å². The first kappa shape index (κ1) is 32.3. The van der Waals surface area contributed by atoms with Crippen molar-refractivity contribution in [1.82, 2.24) is 5.32 Å². The molecule has 6 heteroatoms. The standard InChI is InChI=1S/C39H55NO5/c1-24(2)32-28(42)22-39(40-34(43)44-23-26-12-10-9-11-13-26)21-20-37(7)27(33(32)39)14-15-30-36(6)18-17-31(45-25(3)41)35(4,5)29(36)16-19-38(30,37)8/h9-13,24,29-32H,14-23H2,1-8H3,(H,40,43)/t29?,30?,31-,32?,36-,37+,38+,39+/m0/s1. The topological polar surface area (TPSA) is 81.7 Å². The molecule has 0 saturated heterocycles. The summed E-state index contributed by atoms with van der Waals surface area (Å²) in [5, 5.41) is 3.32. The van der Waals surface area contributed by atoms with E-state index in [-0.39, 0.29) is 58.0 Å². The summed E-state index contributed by atoms with van der Waals surface area (Å²) in [4.78, 5) is 39.3. The minimum absolute atomic E-state index is 0.0337. The highest BCUT2D eigenvalue weighted by Crippen LogP contribution is 2.75. The molecule has 8 atom stereocenters. The van der Waals surface area contributed by atoms with Gasteiger partial charge >= 0.3 is 12.1 Å². The predicted octanol–water partition coefficient (Wildman–Crippen LogP) is 8.58. The highest BCUT2D eigenvalue weighted by molar-refractivity contribution is 5.92. The maximum atomic E-state index is 13.8. The Balaban J connectivity index is 1.35. The number of ether oxygens (including phenoxy) is 2. The van der Waals surface area contributed by atoms with E-state index in [0.717, 1.165) is 56.9 Å². The summed E-state index contributed by atoms with van der Waals surface area (Å²) in [7, 11) is 0. The van der Waals surface area contributed by atoms with Crippen molar-refractivity contribution in [2.24, 2.45) is 45.3 Å². The zero-order valence-electron chi connectivity index (χ0n) is 28.9. The average molecular weight is 618 g/mol. The second-order valence-electron chi connectivity index (χ2n) is 16.9. The minimum Gasteiger partial charge on any atom is -0.462 e. The number of Topliss-reactive ketones (excluding diaryl/α,β-unsaturated/α-hetero) is 1. The minimum atomic E-state index is -0.664. The molecule has 5 aliphatic carbocycles. The third-order valence-electron chi connectivity index (χ3n) is 14.2. The molecule has 1 amide bonds. The molecule has 0 bridgehead atoms. The molecule has 6 nitrogen and oxygen atoms in total. The lowest BCUT2D eigenvalue weighted by Crippen LogP contribution is -2.65. The summed E-state index contributed by atoms with van der Waals surface area (Å²) < 4.78 is 11.7. The number of allylic oxidation sites excluding steroid dienone is 1. The van der Waals surface area contributed by atoms with Crippen molar-refractivity contribution in [1.29, 1.82) is 0 Å². The van der Waals surface area contributed by atoms with Crippen molar-refractivity contribution in [3.63, 3.8) is 0 Å². The number of rotatable bonds is 5. The molecule has 45 heavy (non-hydrogen) atoms. The van der Waals surface area contributed by atoms with Crippen LogP contribution in [0.2, 0.25) is 0 Å². The van der Waals surface area contributed by atoms with E-state index >= 15 is 0 Å². The number of hydrogen-bond donors (Lipinski definition) is 1. The van der Waals surface area contributed by atoms with Crippen molar-refractivity contribution in [3.8, 4) is 0 Å². The maximum absolute atomic E-state index is 13.8. The van der Waals surface area contributed by atoms with Crippen molar-refractivity contribution in [2.45, 2.75) is 131 Å². The van der Waals surface area contributed by atoms with Gasteiger partial charge in [-0.2, -0.15) is 0 Å². The van der Waals surface area contributed by atoms with Gasteiger partial charge in [-0.3, -0.25) is 9.59 Å². The van der Waals surface area contributed by atoms with Crippen molar-refractivity contribution < 1.29 is 23.9 Å². The van der Waals surface area contributed by atoms with Gasteiger partial charge in [-0.15, -0.1) is 0 Å². The fourth-order valence-corrected chi connectivity index (χ4v) is 12.0. The first-order valence-corrected chi connectivity index (χ1v) is 17.5. The molecule has 5 aliphatic rings. The van der Waals surface area contributed by atoms with Gasteiger partial charge in [0.2, 0.25) is 0 Å². The predicted molar refractivity (Wildman–Crippen MR) is 175 cm³/mol. The Hall–Kier alpha value is -2.63. The van der Waals surface area contributed by atoms with Crippen molar-refractivity contribution >= 4 is 17.8 Å². The molecule has 246 valence electrons. The van der Waals surface area contributed by atoms with E-state index in [1.54, 1.807) is 0 Å². The molecule has 4 saturated carbocycles. The third-order valence-corrected chi connectivity index (χ3v) is 14.2. The normalized spacial score (nSPS) is 40.2. The SMILES string of the molecule is CC(=O)O[C@H]1CC[C@@]2(C)C(CC[C@]3(C)C2CCC2=C4C(C(C)C)C(=O)C[C@]4(NC(=O)OCc4ccccc4)CC[C@]23C)C1(C)C. The Morgan fingerprint density at radius 2 is 1.64 bits per heavy atom. The van der Waals surface area contributed by atoms with Crippen LogP contribution in [0.5, 0.6) is 0 Å². The van der Waals surface area contributed by atoms with E-state index in [9.17, 15) is 14.4 Å². The molecule has 0 aliphatic heterocycles. The van der Waals surface area contributed by atoms with Gasteiger partial charge in [-0.25, -0.2) is 4.79 Å². The summed E-state index contributed by atoms with van der Waals surface area (Å²) >= 11 is 0. The lowest BCUT2D eigenvalue weighted by atomic mass is 9.34. The quantitative estimate of drug-likeness (QED) is 0.264. The van der Waals surface area contributed by atoms with Crippen LogP contribution in [-0.2, 0) is 25.7 Å². The monoisotopic (exact) mass is 617 g/mol. The first-order valence-electron chi connectivity index (χ1n) is 17.5. The number of amides is 1. The number of hydrogen-bond acceptors (Lipinski definition) is 5. The van der Waals surface area contributed by atoms with Gasteiger partial charge in [0.1, 0.15) is 18.5 Å². The number of carbonyl (C=O) groups is 3.